The third-order valence-corrected chi connectivity index (χ3v) is 5.54. The van der Waals surface area contributed by atoms with Crippen LogP contribution in [-0.2, 0) is 20.9 Å². The van der Waals surface area contributed by atoms with Crippen LogP contribution in [0.5, 0.6) is 11.5 Å². The summed E-state index contributed by atoms with van der Waals surface area (Å²) in [5, 5.41) is 9.99. The second kappa shape index (κ2) is 10.2. The molecule has 3 aromatic rings. The van der Waals surface area contributed by atoms with Gasteiger partial charge in [0.05, 0.1) is 11.5 Å². The Morgan fingerprint density at radius 2 is 1.40 bits per heavy atom. The number of rotatable bonds is 10. The monoisotopic (exact) mass is 428 g/mol. The molecule has 0 aliphatic rings. The van der Waals surface area contributed by atoms with Crippen molar-refractivity contribution in [3.63, 3.8) is 0 Å². The van der Waals surface area contributed by atoms with Crippen LogP contribution in [0.15, 0.2) is 83.8 Å². The molecule has 0 amide bonds. The molecule has 0 saturated heterocycles. The average molecular weight is 429 g/mol. The molecule has 0 fully saturated rings. The lowest BCUT2D eigenvalue weighted by Gasteiger charge is -2.13. The minimum atomic E-state index is -3.92. The van der Waals surface area contributed by atoms with Crippen LogP contribution in [0.3, 0.4) is 0 Å². The van der Waals surface area contributed by atoms with Gasteiger partial charge in [-0.05, 0) is 48.9 Å². The fourth-order valence-electron chi connectivity index (χ4n) is 2.55. The maximum atomic E-state index is 12.1. The number of benzene rings is 3. The van der Waals surface area contributed by atoms with E-state index < -0.39 is 22.8 Å². The molecule has 0 bridgehead atoms. The molecule has 0 radical (unpaired) electrons. The van der Waals surface area contributed by atoms with Crippen molar-refractivity contribution in [1.82, 2.24) is 0 Å². The summed E-state index contributed by atoms with van der Waals surface area (Å²) in [6.07, 6.45) is -1.10. The summed E-state index contributed by atoms with van der Waals surface area (Å²) in [4.78, 5) is 0.0484. The Labute approximate surface area is 176 Å². The standard InChI is InChI=1S/C23H24O6S/c1-18-7-13-23(14-8-18)30(25,26)29-17-20(24)16-28-22-11-9-21(10-12-22)27-15-19-5-3-2-4-6-19/h2-14,20,24H,15-17H2,1H3. The molecule has 158 valence electrons. The van der Waals surface area contributed by atoms with Crippen molar-refractivity contribution >= 4 is 10.1 Å². The Hall–Kier alpha value is -2.87. The number of aliphatic hydroxyl groups excluding tert-OH is 1. The second-order valence-corrected chi connectivity index (χ2v) is 8.38. The first-order valence-corrected chi connectivity index (χ1v) is 10.9. The van der Waals surface area contributed by atoms with Gasteiger partial charge < -0.3 is 14.6 Å². The molecule has 7 heteroatoms. The smallest absolute Gasteiger partial charge is 0.297 e. The summed E-state index contributed by atoms with van der Waals surface area (Å²) in [5.74, 6) is 1.22. The van der Waals surface area contributed by atoms with Crippen molar-refractivity contribution in [1.29, 1.82) is 0 Å². The molecule has 1 N–H and O–H groups in total. The van der Waals surface area contributed by atoms with Crippen molar-refractivity contribution in [2.24, 2.45) is 0 Å². The Kier molecular flexibility index (Phi) is 7.46. The zero-order chi connectivity index (χ0) is 21.4. The Morgan fingerprint density at radius 1 is 0.800 bits per heavy atom. The first-order chi connectivity index (χ1) is 14.4. The van der Waals surface area contributed by atoms with Crippen LogP contribution in [0, 0.1) is 6.92 Å². The zero-order valence-electron chi connectivity index (χ0n) is 16.6. The highest BCUT2D eigenvalue weighted by molar-refractivity contribution is 7.86. The molecule has 1 atom stereocenters. The van der Waals surface area contributed by atoms with Gasteiger partial charge in [-0.3, -0.25) is 4.18 Å². The van der Waals surface area contributed by atoms with Crippen LogP contribution in [0.2, 0.25) is 0 Å². The molecule has 0 aliphatic carbocycles. The topological polar surface area (TPSA) is 82.1 Å². The van der Waals surface area contributed by atoms with Crippen LogP contribution >= 0.6 is 0 Å². The molecule has 30 heavy (non-hydrogen) atoms. The van der Waals surface area contributed by atoms with Gasteiger partial charge in [0.15, 0.2) is 0 Å². The minimum Gasteiger partial charge on any atom is -0.491 e. The molecule has 1 unspecified atom stereocenters. The molecule has 0 heterocycles. The minimum absolute atomic E-state index is 0.0484. The fourth-order valence-corrected chi connectivity index (χ4v) is 3.50. The first-order valence-electron chi connectivity index (χ1n) is 9.46. The normalized spacial score (nSPS) is 12.3. The Balaban J connectivity index is 1.43. The fraction of sp³-hybridized carbons (Fsp3) is 0.217. The predicted octanol–water partition coefficient (Wildman–Crippen LogP) is 3.72. The van der Waals surface area contributed by atoms with Crippen molar-refractivity contribution in [3.8, 4) is 11.5 Å². The predicted molar refractivity (Wildman–Crippen MR) is 113 cm³/mol. The van der Waals surface area contributed by atoms with Gasteiger partial charge in [0.1, 0.15) is 30.8 Å². The van der Waals surface area contributed by atoms with Gasteiger partial charge in [0, 0.05) is 0 Å². The maximum Gasteiger partial charge on any atom is 0.297 e. The Bertz CT molecular complexity index is 1020. The summed E-state index contributed by atoms with van der Waals surface area (Å²) in [7, 11) is -3.92. The lowest BCUT2D eigenvalue weighted by molar-refractivity contribution is 0.0648. The molecular weight excluding hydrogens is 404 g/mol. The summed E-state index contributed by atoms with van der Waals surface area (Å²) < 4.78 is 40.4. The largest absolute Gasteiger partial charge is 0.491 e. The average Bonchev–Trinajstić information content (AvgIpc) is 2.76. The molecule has 0 spiro atoms. The van der Waals surface area contributed by atoms with E-state index in [0.29, 0.717) is 18.1 Å². The SMILES string of the molecule is Cc1ccc(S(=O)(=O)OCC(O)COc2ccc(OCc3ccccc3)cc2)cc1. The van der Waals surface area contributed by atoms with Crippen LogP contribution in [0.1, 0.15) is 11.1 Å². The number of aliphatic hydroxyl groups is 1. The summed E-state index contributed by atoms with van der Waals surface area (Å²) >= 11 is 0. The number of aryl methyl sites for hydroxylation is 1. The Morgan fingerprint density at radius 3 is 2.03 bits per heavy atom. The van der Waals surface area contributed by atoms with E-state index >= 15 is 0 Å². The van der Waals surface area contributed by atoms with Crippen LogP contribution in [-0.4, -0.2) is 32.8 Å². The highest BCUT2D eigenvalue weighted by atomic mass is 32.2. The van der Waals surface area contributed by atoms with Crippen molar-refractivity contribution in [3.05, 3.63) is 90.0 Å². The van der Waals surface area contributed by atoms with E-state index in [2.05, 4.69) is 0 Å². The quantitative estimate of drug-likeness (QED) is 0.496. The molecular formula is C23H24O6S. The lowest BCUT2D eigenvalue weighted by atomic mass is 10.2. The molecule has 0 aliphatic heterocycles. The number of ether oxygens (including phenoxy) is 2. The van der Waals surface area contributed by atoms with E-state index in [4.69, 9.17) is 13.7 Å². The highest BCUT2D eigenvalue weighted by Gasteiger charge is 2.17. The summed E-state index contributed by atoms with van der Waals surface area (Å²) in [6.45, 7) is 1.83. The summed E-state index contributed by atoms with van der Waals surface area (Å²) in [6, 6.07) is 23.1. The molecule has 3 aromatic carbocycles. The maximum absolute atomic E-state index is 12.1. The van der Waals surface area contributed by atoms with Crippen LogP contribution in [0.4, 0.5) is 0 Å². The van der Waals surface area contributed by atoms with Gasteiger partial charge in [-0.15, -0.1) is 0 Å². The van der Waals surface area contributed by atoms with E-state index in [9.17, 15) is 13.5 Å². The van der Waals surface area contributed by atoms with E-state index in [1.54, 1.807) is 36.4 Å². The van der Waals surface area contributed by atoms with Crippen molar-refractivity contribution < 1.29 is 27.2 Å². The van der Waals surface area contributed by atoms with Gasteiger partial charge in [0.25, 0.3) is 10.1 Å². The van der Waals surface area contributed by atoms with Gasteiger partial charge in [-0.1, -0.05) is 48.0 Å². The van der Waals surface area contributed by atoms with E-state index in [1.165, 1.54) is 12.1 Å². The van der Waals surface area contributed by atoms with Crippen molar-refractivity contribution in [2.45, 2.75) is 24.5 Å². The molecule has 6 nitrogen and oxygen atoms in total. The van der Waals surface area contributed by atoms with Crippen molar-refractivity contribution in [2.75, 3.05) is 13.2 Å². The van der Waals surface area contributed by atoms with Crippen LogP contribution in [0.25, 0.3) is 0 Å². The van der Waals surface area contributed by atoms with Gasteiger partial charge in [0.2, 0.25) is 0 Å². The summed E-state index contributed by atoms with van der Waals surface area (Å²) in [5.41, 5.74) is 2.01. The third kappa shape index (κ3) is 6.59. The zero-order valence-corrected chi connectivity index (χ0v) is 17.4. The van der Waals surface area contributed by atoms with Gasteiger partial charge in [-0.25, -0.2) is 0 Å². The van der Waals surface area contributed by atoms with E-state index in [1.807, 2.05) is 37.3 Å². The van der Waals surface area contributed by atoms with Crippen LogP contribution < -0.4 is 9.47 Å². The van der Waals surface area contributed by atoms with E-state index in [-0.39, 0.29) is 11.5 Å². The first kappa shape index (κ1) is 21.8. The van der Waals surface area contributed by atoms with Gasteiger partial charge >= 0.3 is 0 Å². The molecule has 0 aromatic heterocycles. The lowest BCUT2D eigenvalue weighted by Crippen LogP contribution is -2.25. The van der Waals surface area contributed by atoms with E-state index in [0.717, 1.165) is 11.1 Å². The highest BCUT2D eigenvalue weighted by Crippen LogP contribution is 2.19. The molecule has 0 saturated carbocycles. The number of hydrogen-bond donors (Lipinski definition) is 1. The molecule has 3 rings (SSSR count). The third-order valence-electron chi connectivity index (χ3n) is 4.24. The number of hydrogen-bond acceptors (Lipinski definition) is 6. The second-order valence-electron chi connectivity index (χ2n) is 6.76. The van der Waals surface area contributed by atoms with Gasteiger partial charge in [-0.2, -0.15) is 8.42 Å².